The number of aryl methyl sites for hydroxylation is 1. The second-order valence-electron chi connectivity index (χ2n) is 4.57. The normalized spacial score (nSPS) is 11.1. The summed E-state index contributed by atoms with van der Waals surface area (Å²) in [4.78, 5) is 4.31. The summed E-state index contributed by atoms with van der Waals surface area (Å²) in [7, 11) is 1.68. The average Bonchev–Trinajstić information content (AvgIpc) is 2.93. The van der Waals surface area contributed by atoms with E-state index in [1.807, 2.05) is 42.6 Å². The van der Waals surface area contributed by atoms with Gasteiger partial charge in [-0.2, -0.15) is 5.10 Å². The molecule has 0 saturated heterocycles. The van der Waals surface area contributed by atoms with Crippen LogP contribution in [0.5, 0.6) is 5.75 Å². The number of ether oxygens (including phenoxy) is 1. The highest BCUT2D eigenvalue weighted by molar-refractivity contribution is 7.13. The van der Waals surface area contributed by atoms with E-state index in [1.165, 1.54) is 11.3 Å². The molecule has 1 heterocycles. The van der Waals surface area contributed by atoms with Crippen LogP contribution < -0.4 is 10.2 Å². The second-order valence-corrected chi connectivity index (χ2v) is 5.42. The van der Waals surface area contributed by atoms with E-state index in [1.54, 1.807) is 13.3 Å². The molecule has 0 amide bonds. The number of hydrogen-bond acceptors (Lipinski definition) is 5. The van der Waals surface area contributed by atoms with Crippen LogP contribution in [-0.2, 0) is 0 Å². The Morgan fingerprint density at radius 1 is 1.19 bits per heavy atom. The first-order valence-electron chi connectivity index (χ1n) is 6.55. The highest BCUT2D eigenvalue weighted by Gasteiger charge is 2.04. The summed E-state index contributed by atoms with van der Waals surface area (Å²) < 4.78 is 5.39. The van der Waals surface area contributed by atoms with Gasteiger partial charge >= 0.3 is 0 Å². The summed E-state index contributed by atoms with van der Waals surface area (Å²) >= 11 is 1.54. The van der Waals surface area contributed by atoms with Gasteiger partial charge in [0, 0.05) is 16.3 Å². The van der Waals surface area contributed by atoms with Gasteiger partial charge in [0.1, 0.15) is 5.75 Å². The van der Waals surface area contributed by atoms with Crippen LogP contribution in [0.2, 0.25) is 0 Å². The lowest BCUT2D eigenvalue weighted by atomic mass is 10.0. The van der Waals surface area contributed by atoms with Crippen molar-refractivity contribution in [3.05, 3.63) is 53.0 Å². The zero-order valence-electron chi connectivity index (χ0n) is 11.8. The standard InChI is InChI=1S/C16H15N3OS/c1-11-10-21-16(18-11)19-17-9-12-7-8-15(20-2)14-6-4-3-5-13(12)14/h3-10H,1-2H3,(H,18,19). The molecule has 0 saturated carbocycles. The molecule has 3 rings (SSSR count). The largest absolute Gasteiger partial charge is 0.496 e. The maximum absolute atomic E-state index is 5.39. The number of methoxy groups -OCH3 is 1. The molecule has 5 heteroatoms. The second kappa shape index (κ2) is 5.93. The van der Waals surface area contributed by atoms with Crippen molar-refractivity contribution in [3.8, 4) is 5.75 Å². The van der Waals surface area contributed by atoms with Crippen molar-refractivity contribution in [3.63, 3.8) is 0 Å². The predicted octanol–water partition coefficient (Wildman–Crippen LogP) is 4.06. The summed E-state index contributed by atoms with van der Waals surface area (Å²) in [5.41, 5.74) is 4.98. The van der Waals surface area contributed by atoms with Gasteiger partial charge in [0.05, 0.1) is 19.0 Å². The van der Waals surface area contributed by atoms with E-state index in [4.69, 9.17) is 4.74 Å². The van der Waals surface area contributed by atoms with Crippen LogP contribution in [0.15, 0.2) is 46.9 Å². The fourth-order valence-corrected chi connectivity index (χ4v) is 2.78. The van der Waals surface area contributed by atoms with E-state index in [0.717, 1.165) is 32.9 Å². The highest BCUT2D eigenvalue weighted by Crippen LogP contribution is 2.27. The van der Waals surface area contributed by atoms with Gasteiger partial charge < -0.3 is 4.74 Å². The molecule has 106 valence electrons. The smallest absolute Gasteiger partial charge is 0.203 e. The molecule has 3 aromatic rings. The van der Waals surface area contributed by atoms with Crippen molar-refractivity contribution < 1.29 is 4.74 Å². The van der Waals surface area contributed by atoms with Gasteiger partial charge in [-0.05, 0) is 24.4 Å². The molecule has 0 aliphatic heterocycles. The topological polar surface area (TPSA) is 46.5 Å². The Balaban J connectivity index is 1.90. The van der Waals surface area contributed by atoms with Crippen molar-refractivity contribution in [2.45, 2.75) is 6.92 Å². The number of rotatable bonds is 4. The molecule has 0 fully saturated rings. The zero-order chi connectivity index (χ0) is 14.7. The Bertz CT molecular complexity index is 795. The fourth-order valence-electron chi connectivity index (χ4n) is 2.15. The van der Waals surface area contributed by atoms with Gasteiger partial charge in [-0.25, -0.2) is 4.98 Å². The van der Waals surface area contributed by atoms with E-state index >= 15 is 0 Å². The lowest BCUT2D eigenvalue weighted by molar-refractivity contribution is 0.420. The molecule has 2 aromatic carbocycles. The molecule has 4 nitrogen and oxygen atoms in total. The summed E-state index contributed by atoms with van der Waals surface area (Å²) in [6, 6.07) is 12.1. The number of thiazole rings is 1. The van der Waals surface area contributed by atoms with Crippen molar-refractivity contribution in [2.75, 3.05) is 12.5 Å². The minimum Gasteiger partial charge on any atom is -0.496 e. The Kier molecular flexibility index (Phi) is 3.83. The molecule has 0 spiro atoms. The predicted molar refractivity (Wildman–Crippen MR) is 88.6 cm³/mol. The van der Waals surface area contributed by atoms with Crippen LogP contribution in [0.3, 0.4) is 0 Å². The number of fused-ring (bicyclic) bond motifs is 1. The van der Waals surface area contributed by atoms with Gasteiger partial charge in [-0.3, -0.25) is 5.43 Å². The van der Waals surface area contributed by atoms with E-state index in [9.17, 15) is 0 Å². The van der Waals surface area contributed by atoms with Crippen LogP contribution in [-0.4, -0.2) is 18.3 Å². The molecular weight excluding hydrogens is 282 g/mol. The number of aromatic nitrogens is 1. The van der Waals surface area contributed by atoms with Gasteiger partial charge in [0.15, 0.2) is 0 Å². The molecule has 0 aliphatic rings. The third-order valence-electron chi connectivity index (χ3n) is 3.12. The van der Waals surface area contributed by atoms with E-state index < -0.39 is 0 Å². The highest BCUT2D eigenvalue weighted by atomic mass is 32.1. The lowest BCUT2D eigenvalue weighted by Crippen LogP contribution is -1.92. The maximum Gasteiger partial charge on any atom is 0.203 e. The molecular formula is C16H15N3OS. The Morgan fingerprint density at radius 3 is 2.71 bits per heavy atom. The number of hydrazone groups is 1. The van der Waals surface area contributed by atoms with E-state index in [-0.39, 0.29) is 0 Å². The zero-order valence-corrected chi connectivity index (χ0v) is 12.6. The molecule has 0 radical (unpaired) electrons. The first kappa shape index (κ1) is 13.6. The quantitative estimate of drug-likeness (QED) is 0.583. The Morgan fingerprint density at radius 2 is 2.00 bits per heavy atom. The maximum atomic E-state index is 5.39. The average molecular weight is 297 g/mol. The van der Waals surface area contributed by atoms with Gasteiger partial charge in [-0.1, -0.05) is 24.3 Å². The first-order chi connectivity index (χ1) is 10.3. The number of hydrogen-bond donors (Lipinski definition) is 1. The molecule has 1 N–H and O–H groups in total. The summed E-state index contributed by atoms with van der Waals surface area (Å²) in [6.07, 6.45) is 1.80. The summed E-state index contributed by atoms with van der Waals surface area (Å²) in [5, 5.41) is 9.23. The van der Waals surface area contributed by atoms with Gasteiger partial charge in [-0.15, -0.1) is 11.3 Å². The Hall–Kier alpha value is -2.40. The summed E-state index contributed by atoms with van der Waals surface area (Å²) in [5.74, 6) is 0.867. The number of nitrogens with one attached hydrogen (secondary N) is 1. The van der Waals surface area contributed by atoms with Gasteiger partial charge in [0.25, 0.3) is 0 Å². The van der Waals surface area contributed by atoms with Crippen LogP contribution in [0.1, 0.15) is 11.3 Å². The molecule has 0 bridgehead atoms. The molecule has 0 aliphatic carbocycles. The van der Waals surface area contributed by atoms with Crippen molar-refractivity contribution in [1.82, 2.24) is 4.98 Å². The fraction of sp³-hybridized carbons (Fsp3) is 0.125. The first-order valence-corrected chi connectivity index (χ1v) is 7.43. The van der Waals surface area contributed by atoms with Crippen LogP contribution >= 0.6 is 11.3 Å². The molecule has 1 aromatic heterocycles. The lowest BCUT2D eigenvalue weighted by Gasteiger charge is -2.07. The van der Waals surface area contributed by atoms with E-state index in [2.05, 4.69) is 21.6 Å². The third-order valence-corrected chi connectivity index (χ3v) is 3.99. The van der Waals surface area contributed by atoms with Crippen LogP contribution in [0, 0.1) is 6.92 Å². The van der Waals surface area contributed by atoms with E-state index in [0.29, 0.717) is 0 Å². The van der Waals surface area contributed by atoms with Crippen molar-refractivity contribution in [2.24, 2.45) is 5.10 Å². The van der Waals surface area contributed by atoms with Crippen molar-refractivity contribution >= 4 is 33.5 Å². The SMILES string of the molecule is COc1ccc(C=NNc2nc(C)cs2)c2ccccc12. The Labute approximate surface area is 127 Å². The summed E-state index contributed by atoms with van der Waals surface area (Å²) in [6.45, 7) is 1.96. The van der Waals surface area contributed by atoms with Gasteiger partial charge in [0.2, 0.25) is 5.13 Å². The molecule has 0 atom stereocenters. The van der Waals surface area contributed by atoms with Crippen LogP contribution in [0.4, 0.5) is 5.13 Å². The number of anilines is 1. The third kappa shape index (κ3) is 2.87. The molecule has 21 heavy (non-hydrogen) atoms. The minimum absolute atomic E-state index is 0.793. The van der Waals surface area contributed by atoms with Crippen molar-refractivity contribution in [1.29, 1.82) is 0 Å². The van der Waals surface area contributed by atoms with Crippen LogP contribution in [0.25, 0.3) is 10.8 Å². The minimum atomic E-state index is 0.793. The number of benzene rings is 2. The molecule has 0 unspecified atom stereocenters. The monoisotopic (exact) mass is 297 g/mol. The number of nitrogens with zero attached hydrogens (tertiary/aromatic N) is 2.